The van der Waals surface area contributed by atoms with E-state index in [0.29, 0.717) is 43.8 Å². The minimum atomic E-state index is -0.629. The van der Waals surface area contributed by atoms with Crippen molar-refractivity contribution < 1.29 is 23.9 Å². The van der Waals surface area contributed by atoms with Crippen LogP contribution in [-0.4, -0.2) is 62.2 Å². The molecule has 0 aliphatic carbocycles. The molecule has 0 unspecified atom stereocenters. The molecule has 186 valence electrons. The van der Waals surface area contributed by atoms with Crippen molar-refractivity contribution in [2.75, 3.05) is 27.3 Å². The van der Waals surface area contributed by atoms with Gasteiger partial charge in [0, 0.05) is 36.0 Å². The van der Waals surface area contributed by atoms with Crippen molar-refractivity contribution in [1.29, 1.82) is 0 Å². The zero-order valence-corrected chi connectivity index (χ0v) is 20.6. The van der Waals surface area contributed by atoms with Crippen LogP contribution in [0.5, 0.6) is 5.75 Å². The molecule has 0 radical (unpaired) electrons. The SMILES string of the molecule is COC(=O)[C@H](C[C@@H]1CCNC1=O)NC[C@H](CC(C)(C)C)NC(=O)c1cc2c(OC)cccc2[nH]1. The smallest absolute Gasteiger partial charge is 0.322 e. The van der Waals surface area contributed by atoms with Crippen LogP contribution in [0.15, 0.2) is 24.3 Å². The van der Waals surface area contributed by atoms with E-state index in [4.69, 9.17) is 9.47 Å². The third kappa shape index (κ3) is 6.50. The molecule has 3 atom stereocenters. The van der Waals surface area contributed by atoms with Crippen LogP contribution in [0.25, 0.3) is 10.9 Å². The number of amides is 2. The van der Waals surface area contributed by atoms with Crippen molar-refractivity contribution >= 4 is 28.7 Å². The van der Waals surface area contributed by atoms with Gasteiger partial charge in [-0.15, -0.1) is 0 Å². The zero-order chi connectivity index (χ0) is 24.9. The number of ether oxygens (including phenoxy) is 2. The van der Waals surface area contributed by atoms with E-state index in [1.54, 1.807) is 13.2 Å². The van der Waals surface area contributed by atoms with Crippen molar-refractivity contribution in [3.63, 3.8) is 0 Å². The van der Waals surface area contributed by atoms with Gasteiger partial charge in [0.15, 0.2) is 0 Å². The number of rotatable bonds is 10. The van der Waals surface area contributed by atoms with E-state index in [1.165, 1.54) is 7.11 Å². The molecule has 34 heavy (non-hydrogen) atoms. The average Bonchev–Trinajstić information content (AvgIpc) is 3.40. The summed E-state index contributed by atoms with van der Waals surface area (Å²) in [4.78, 5) is 40.7. The highest BCUT2D eigenvalue weighted by atomic mass is 16.5. The average molecular weight is 473 g/mol. The van der Waals surface area contributed by atoms with Gasteiger partial charge in [-0.25, -0.2) is 0 Å². The fourth-order valence-corrected chi connectivity index (χ4v) is 4.45. The highest BCUT2D eigenvalue weighted by molar-refractivity contribution is 5.99. The number of H-pyrrole nitrogens is 1. The Hall–Kier alpha value is -3.07. The summed E-state index contributed by atoms with van der Waals surface area (Å²) >= 11 is 0. The minimum Gasteiger partial charge on any atom is -0.496 e. The van der Waals surface area contributed by atoms with Gasteiger partial charge in [0.2, 0.25) is 5.91 Å². The Kier molecular flexibility index (Phi) is 8.19. The molecule has 9 nitrogen and oxygen atoms in total. The number of benzene rings is 1. The van der Waals surface area contributed by atoms with E-state index < -0.39 is 12.0 Å². The molecular formula is C25H36N4O5. The van der Waals surface area contributed by atoms with Gasteiger partial charge >= 0.3 is 5.97 Å². The molecule has 1 aromatic carbocycles. The molecule has 1 aliphatic heterocycles. The first-order valence-corrected chi connectivity index (χ1v) is 11.7. The summed E-state index contributed by atoms with van der Waals surface area (Å²) in [7, 11) is 2.93. The summed E-state index contributed by atoms with van der Waals surface area (Å²) in [5.41, 5.74) is 1.19. The lowest BCUT2D eigenvalue weighted by Gasteiger charge is -2.28. The van der Waals surface area contributed by atoms with Crippen molar-refractivity contribution in [3.05, 3.63) is 30.0 Å². The topological polar surface area (TPSA) is 122 Å². The van der Waals surface area contributed by atoms with Gasteiger partial charge in [-0.05, 0) is 42.9 Å². The molecule has 4 N–H and O–H groups in total. The van der Waals surface area contributed by atoms with Crippen molar-refractivity contribution in [3.8, 4) is 5.75 Å². The molecule has 9 heteroatoms. The van der Waals surface area contributed by atoms with Gasteiger partial charge in [-0.2, -0.15) is 0 Å². The van der Waals surface area contributed by atoms with Gasteiger partial charge in [0.05, 0.1) is 14.2 Å². The lowest BCUT2D eigenvalue weighted by Crippen LogP contribution is -2.49. The molecule has 0 bridgehead atoms. The molecule has 2 aromatic rings. The first-order chi connectivity index (χ1) is 16.1. The van der Waals surface area contributed by atoms with Gasteiger partial charge in [0.25, 0.3) is 5.91 Å². The normalized spacial score (nSPS) is 17.8. The summed E-state index contributed by atoms with van der Waals surface area (Å²) < 4.78 is 10.4. The minimum absolute atomic E-state index is 0.0375. The fraction of sp³-hybridized carbons (Fsp3) is 0.560. The number of carbonyl (C=O) groups is 3. The van der Waals surface area contributed by atoms with Crippen LogP contribution in [0.4, 0.5) is 0 Å². The van der Waals surface area contributed by atoms with E-state index in [2.05, 4.69) is 41.7 Å². The molecule has 1 aliphatic rings. The highest BCUT2D eigenvalue weighted by Gasteiger charge is 2.32. The Bertz CT molecular complexity index is 1030. The lowest BCUT2D eigenvalue weighted by molar-refractivity contribution is -0.143. The Labute approximate surface area is 200 Å². The third-order valence-corrected chi connectivity index (χ3v) is 6.06. The molecule has 1 aromatic heterocycles. The number of aromatic amines is 1. The largest absolute Gasteiger partial charge is 0.496 e. The van der Waals surface area contributed by atoms with Crippen molar-refractivity contribution in [2.24, 2.45) is 11.3 Å². The quantitative estimate of drug-likeness (QED) is 0.394. The van der Waals surface area contributed by atoms with Crippen molar-refractivity contribution in [2.45, 2.75) is 52.1 Å². The van der Waals surface area contributed by atoms with Crippen LogP contribution >= 0.6 is 0 Å². The maximum Gasteiger partial charge on any atom is 0.322 e. The maximum absolute atomic E-state index is 13.1. The molecular weight excluding hydrogens is 436 g/mol. The van der Waals surface area contributed by atoms with Gasteiger partial charge < -0.3 is 30.4 Å². The number of nitrogens with one attached hydrogen (secondary N) is 4. The highest BCUT2D eigenvalue weighted by Crippen LogP contribution is 2.26. The monoisotopic (exact) mass is 472 g/mol. The molecule has 0 spiro atoms. The number of hydrogen-bond acceptors (Lipinski definition) is 6. The van der Waals surface area contributed by atoms with E-state index in [1.807, 2.05) is 18.2 Å². The molecule has 3 rings (SSSR count). The first kappa shape index (κ1) is 25.6. The number of carbonyl (C=O) groups excluding carboxylic acids is 3. The summed E-state index contributed by atoms with van der Waals surface area (Å²) in [5, 5.41) is 9.98. The predicted octanol–water partition coefficient (Wildman–Crippen LogP) is 2.37. The van der Waals surface area contributed by atoms with Gasteiger partial charge in [0.1, 0.15) is 17.5 Å². The molecule has 1 saturated heterocycles. The predicted molar refractivity (Wildman–Crippen MR) is 130 cm³/mol. The Morgan fingerprint density at radius 3 is 2.62 bits per heavy atom. The number of fused-ring (bicyclic) bond motifs is 1. The summed E-state index contributed by atoms with van der Waals surface area (Å²) in [6, 6.07) is 6.51. The second kappa shape index (κ2) is 10.9. The second-order valence-electron chi connectivity index (χ2n) is 10.0. The fourth-order valence-electron chi connectivity index (χ4n) is 4.45. The second-order valence-corrected chi connectivity index (χ2v) is 10.0. The summed E-state index contributed by atoms with van der Waals surface area (Å²) in [5.74, 6) is -0.224. The number of esters is 1. The van der Waals surface area contributed by atoms with Crippen LogP contribution in [0.3, 0.4) is 0 Å². The molecule has 2 amide bonds. The maximum atomic E-state index is 13.1. The molecule has 0 saturated carbocycles. The van der Waals surface area contributed by atoms with E-state index in [9.17, 15) is 14.4 Å². The van der Waals surface area contributed by atoms with Gasteiger partial charge in [-0.1, -0.05) is 26.8 Å². The van der Waals surface area contributed by atoms with Crippen LogP contribution in [0.1, 0.15) is 50.5 Å². The van der Waals surface area contributed by atoms with E-state index >= 15 is 0 Å². The lowest BCUT2D eigenvalue weighted by atomic mass is 9.87. The first-order valence-electron chi connectivity index (χ1n) is 11.7. The Morgan fingerprint density at radius 2 is 2.00 bits per heavy atom. The van der Waals surface area contributed by atoms with Crippen LogP contribution < -0.4 is 20.7 Å². The van der Waals surface area contributed by atoms with Crippen molar-refractivity contribution in [1.82, 2.24) is 20.9 Å². The van der Waals surface area contributed by atoms with Crippen LogP contribution in [0.2, 0.25) is 0 Å². The molecule has 2 heterocycles. The Morgan fingerprint density at radius 1 is 1.24 bits per heavy atom. The van der Waals surface area contributed by atoms with Crippen LogP contribution in [0, 0.1) is 11.3 Å². The third-order valence-electron chi connectivity index (χ3n) is 6.06. The van der Waals surface area contributed by atoms with E-state index in [-0.39, 0.29) is 29.2 Å². The van der Waals surface area contributed by atoms with E-state index in [0.717, 1.165) is 10.9 Å². The summed E-state index contributed by atoms with van der Waals surface area (Å²) in [6.07, 6.45) is 1.74. The molecule has 1 fully saturated rings. The standard InChI is InChI=1S/C25H36N4O5/c1-25(2,3)13-16(14-27-20(24(32)34-5)11-15-9-10-26-22(15)30)28-23(31)19-12-17-18(29-19)7-6-8-21(17)33-4/h6-8,12,15-16,20,27,29H,9-11,13-14H2,1-5H3,(H,26,30)(H,28,31)/t15-,16-,20-/m0/s1. The van der Waals surface area contributed by atoms with Gasteiger partial charge in [-0.3, -0.25) is 14.4 Å². The van der Waals surface area contributed by atoms with Crippen LogP contribution in [-0.2, 0) is 14.3 Å². The number of methoxy groups -OCH3 is 2. The Balaban J connectivity index is 1.72. The zero-order valence-electron chi connectivity index (χ0n) is 20.6. The number of aromatic nitrogens is 1. The number of hydrogen-bond donors (Lipinski definition) is 4. The summed E-state index contributed by atoms with van der Waals surface area (Å²) in [6.45, 7) is 7.28.